The Morgan fingerprint density at radius 3 is 2.62 bits per heavy atom. The molecule has 0 saturated heterocycles. The SMILES string of the molecule is COCCN(CCC(N)C(=O)OC)C1CC1. The lowest BCUT2D eigenvalue weighted by atomic mass is 10.2. The smallest absolute Gasteiger partial charge is 0.322 e. The van der Waals surface area contributed by atoms with Gasteiger partial charge in [0.2, 0.25) is 0 Å². The minimum absolute atomic E-state index is 0.331. The molecule has 0 radical (unpaired) electrons. The van der Waals surface area contributed by atoms with Crippen LogP contribution in [0.4, 0.5) is 0 Å². The topological polar surface area (TPSA) is 64.8 Å². The van der Waals surface area contributed by atoms with Crippen molar-refractivity contribution in [3.8, 4) is 0 Å². The van der Waals surface area contributed by atoms with Gasteiger partial charge in [-0.2, -0.15) is 0 Å². The lowest BCUT2D eigenvalue weighted by Gasteiger charge is -2.22. The number of hydrogen-bond acceptors (Lipinski definition) is 5. The molecule has 1 unspecified atom stereocenters. The van der Waals surface area contributed by atoms with E-state index in [1.54, 1.807) is 7.11 Å². The number of carbonyl (C=O) groups excluding carboxylic acids is 1. The molecular formula is C11H22N2O3. The number of carbonyl (C=O) groups is 1. The zero-order chi connectivity index (χ0) is 12.0. The first-order valence-electron chi connectivity index (χ1n) is 5.75. The molecule has 94 valence electrons. The van der Waals surface area contributed by atoms with Crippen LogP contribution in [0.3, 0.4) is 0 Å². The van der Waals surface area contributed by atoms with Crippen LogP contribution in [0.25, 0.3) is 0 Å². The Morgan fingerprint density at radius 1 is 1.44 bits per heavy atom. The molecule has 2 N–H and O–H groups in total. The van der Waals surface area contributed by atoms with Crippen LogP contribution in [0.2, 0.25) is 0 Å². The van der Waals surface area contributed by atoms with Crippen molar-refractivity contribution in [2.24, 2.45) is 5.73 Å². The second-order valence-electron chi connectivity index (χ2n) is 4.18. The summed E-state index contributed by atoms with van der Waals surface area (Å²) in [4.78, 5) is 13.5. The summed E-state index contributed by atoms with van der Waals surface area (Å²) >= 11 is 0. The molecule has 0 heterocycles. The maximum Gasteiger partial charge on any atom is 0.322 e. The second kappa shape index (κ2) is 6.83. The summed E-state index contributed by atoms with van der Waals surface area (Å²) in [5, 5.41) is 0. The van der Waals surface area contributed by atoms with Crippen molar-refractivity contribution in [3.63, 3.8) is 0 Å². The molecule has 1 aliphatic carbocycles. The number of ether oxygens (including phenoxy) is 2. The van der Waals surface area contributed by atoms with Gasteiger partial charge in [0.25, 0.3) is 0 Å². The highest BCUT2D eigenvalue weighted by molar-refractivity contribution is 5.75. The fourth-order valence-corrected chi connectivity index (χ4v) is 1.70. The molecule has 5 nitrogen and oxygen atoms in total. The Kier molecular flexibility index (Phi) is 5.73. The molecule has 0 aromatic heterocycles. The molecule has 0 aliphatic heterocycles. The van der Waals surface area contributed by atoms with Gasteiger partial charge >= 0.3 is 5.97 Å². The minimum atomic E-state index is -0.506. The highest BCUT2D eigenvalue weighted by atomic mass is 16.5. The van der Waals surface area contributed by atoms with E-state index in [-0.39, 0.29) is 5.97 Å². The first kappa shape index (κ1) is 13.4. The number of rotatable bonds is 8. The van der Waals surface area contributed by atoms with Gasteiger partial charge in [0, 0.05) is 26.2 Å². The van der Waals surface area contributed by atoms with E-state index >= 15 is 0 Å². The summed E-state index contributed by atoms with van der Waals surface area (Å²) in [5.74, 6) is -0.331. The molecule has 0 aromatic rings. The highest BCUT2D eigenvalue weighted by Gasteiger charge is 2.29. The van der Waals surface area contributed by atoms with Gasteiger partial charge in [-0.05, 0) is 19.3 Å². The van der Waals surface area contributed by atoms with Gasteiger partial charge in [0.05, 0.1) is 13.7 Å². The van der Waals surface area contributed by atoms with Crippen molar-refractivity contribution in [2.75, 3.05) is 33.9 Å². The van der Waals surface area contributed by atoms with Crippen LogP contribution in [-0.4, -0.2) is 56.9 Å². The summed E-state index contributed by atoms with van der Waals surface area (Å²) in [6.07, 6.45) is 3.14. The van der Waals surface area contributed by atoms with Crippen LogP contribution in [0.15, 0.2) is 0 Å². The summed E-state index contributed by atoms with van der Waals surface area (Å²) in [5.41, 5.74) is 5.69. The Labute approximate surface area is 96.9 Å². The molecule has 5 heteroatoms. The normalized spacial score (nSPS) is 17.5. The van der Waals surface area contributed by atoms with Gasteiger partial charge in [-0.3, -0.25) is 9.69 Å². The molecular weight excluding hydrogens is 208 g/mol. The molecule has 0 spiro atoms. The predicted octanol–water partition coefficient (Wildman–Crippen LogP) is -0.0124. The van der Waals surface area contributed by atoms with Crippen molar-refractivity contribution in [3.05, 3.63) is 0 Å². The molecule has 1 atom stereocenters. The molecule has 1 saturated carbocycles. The van der Waals surface area contributed by atoms with Crippen LogP contribution < -0.4 is 5.73 Å². The van der Waals surface area contributed by atoms with E-state index in [1.807, 2.05) is 0 Å². The maximum atomic E-state index is 11.1. The maximum absolute atomic E-state index is 11.1. The lowest BCUT2D eigenvalue weighted by molar-refractivity contribution is -0.142. The van der Waals surface area contributed by atoms with E-state index in [4.69, 9.17) is 10.5 Å². The highest BCUT2D eigenvalue weighted by Crippen LogP contribution is 2.26. The molecule has 1 fully saturated rings. The van der Waals surface area contributed by atoms with Crippen molar-refractivity contribution >= 4 is 5.97 Å². The van der Waals surface area contributed by atoms with E-state index in [0.29, 0.717) is 12.5 Å². The predicted molar refractivity (Wildman–Crippen MR) is 61.1 cm³/mol. The third kappa shape index (κ3) is 4.47. The molecule has 16 heavy (non-hydrogen) atoms. The number of esters is 1. The first-order chi connectivity index (χ1) is 7.69. The average Bonchev–Trinajstić information content (AvgIpc) is 3.11. The van der Waals surface area contributed by atoms with Gasteiger partial charge in [0.1, 0.15) is 6.04 Å². The largest absolute Gasteiger partial charge is 0.468 e. The third-order valence-corrected chi connectivity index (χ3v) is 2.88. The van der Waals surface area contributed by atoms with Gasteiger partial charge < -0.3 is 15.2 Å². The van der Waals surface area contributed by atoms with E-state index in [2.05, 4.69) is 9.64 Å². The van der Waals surface area contributed by atoms with Crippen LogP contribution in [0.1, 0.15) is 19.3 Å². The van der Waals surface area contributed by atoms with Crippen LogP contribution in [-0.2, 0) is 14.3 Å². The van der Waals surface area contributed by atoms with E-state index in [0.717, 1.165) is 19.7 Å². The lowest BCUT2D eigenvalue weighted by Crippen LogP contribution is -2.38. The minimum Gasteiger partial charge on any atom is -0.468 e. The quantitative estimate of drug-likeness (QED) is 0.594. The van der Waals surface area contributed by atoms with E-state index in [1.165, 1.54) is 20.0 Å². The van der Waals surface area contributed by atoms with E-state index < -0.39 is 6.04 Å². The van der Waals surface area contributed by atoms with Crippen LogP contribution in [0, 0.1) is 0 Å². The molecule has 1 rings (SSSR count). The summed E-state index contributed by atoms with van der Waals surface area (Å²) < 4.78 is 9.66. The Morgan fingerprint density at radius 2 is 2.12 bits per heavy atom. The Hall–Kier alpha value is -0.650. The van der Waals surface area contributed by atoms with Crippen molar-refractivity contribution < 1.29 is 14.3 Å². The van der Waals surface area contributed by atoms with Crippen molar-refractivity contribution in [1.29, 1.82) is 0 Å². The Balaban J connectivity index is 2.23. The Bertz CT molecular complexity index is 219. The van der Waals surface area contributed by atoms with Gasteiger partial charge in [-0.15, -0.1) is 0 Å². The fourth-order valence-electron chi connectivity index (χ4n) is 1.70. The van der Waals surface area contributed by atoms with Gasteiger partial charge in [0.15, 0.2) is 0 Å². The zero-order valence-corrected chi connectivity index (χ0v) is 10.1. The number of hydrogen-bond donors (Lipinski definition) is 1. The second-order valence-corrected chi connectivity index (χ2v) is 4.18. The van der Waals surface area contributed by atoms with E-state index in [9.17, 15) is 4.79 Å². The fraction of sp³-hybridized carbons (Fsp3) is 0.909. The average molecular weight is 230 g/mol. The zero-order valence-electron chi connectivity index (χ0n) is 10.1. The summed E-state index contributed by atoms with van der Waals surface area (Å²) in [6.45, 7) is 2.48. The molecule has 1 aliphatic rings. The van der Waals surface area contributed by atoms with Crippen LogP contribution in [0.5, 0.6) is 0 Å². The molecule has 0 amide bonds. The summed E-state index contributed by atoms with van der Waals surface area (Å²) in [6, 6.07) is 0.161. The molecule has 0 aromatic carbocycles. The number of nitrogens with two attached hydrogens (primary N) is 1. The van der Waals surface area contributed by atoms with Gasteiger partial charge in [-0.1, -0.05) is 0 Å². The summed E-state index contributed by atoms with van der Waals surface area (Å²) in [7, 11) is 3.07. The van der Waals surface area contributed by atoms with Gasteiger partial charge in [-0.25, -0.2) is 0 Å². The molecule has 0 bridgehead atoms. The first-order valence-corrected chi connectivity index (χ1v) is 5.75. The van der Waals surface area contributed by atoms with Crippen molar-refractivity contribution in [2.45, 2.75) is 31.3 Å². The van der Waals surface area contributed by atoms with Crippen LogP contribution >= 0.6 is 0 Å². The third-order valence-electron chi connectivity index (χ3n) is 2.88. The van der Waals surface area contributed by atoms with Crippen molar-refractivity contribution in [1.82, 2.24) is 4.90 Å². The monoisotopic (exact) mass is 230 g/mol. The number of nitrogens with zero attached hydrogens (tertiary/aromatic N) is 1. The number of methoxy groups -OCH3 is 2. The standard InChI is InChI=1S/C11H22N2O3/c1-15-8-7-13(9-3-4-9)6-5-10(12)11(14)16-2/h9-10H,3-8,12H2,1-2H3.